The van der Waals surface area contributed by atoms with Crippen molar-refractivity contribution in [1.29, 1.82) is 0 Å². The first-order valence-electron chi connectivity index (χ1n) is 8.16. The zero-order valence-electron chi connectivity index (χ0n) is 13.6. The molecule has 0 bridgehead atoms. The maximum Gasteiger partial charge on any atom is 0.129 e. The van der Waals surface area contributed by atoms with Crippen molar-refractivity contribution in [3.63, 3.8) is 0 Å². The third-order valence-corrected chi connectivity index (χ3v) is 4.09. The number of rotatable bonds is 10. The lowest BCUT2D eigenvalue weighted by Crippen LogP contribution is -2.17. The van der Waals surface area contributed by atoms with Gasteiger partial charge in [0.25, 0.3) is 0 Å². The van der Waals surface area contributed by atoms with E-state index in [0.717, 1.165) is 12.8 Å². The van der Waals surface area contributed by atoms with Gasteiger partial charge in [-0.25, -0.2) is 0 Å². The van der Waals surface area contributed by atoms with E-state index in [4.69, 9.17) is 0 Å². The van der Waals surface area contributed by atoms with Gasteiger partial charge in [0, 0.05) is 0 Å². The fourth-order valence-electron chi connectivity index (χ4n) is 2.02. The highest BCUT2D eigenvalue weighted by Crippen LogP contribution is 2.11. The molecule has 0 aliphatic carbocycles. The van der Waals surface area contributed by atoms with Crippen molar-refractivity contribution in [3.8, 4) is 11.5 Å². The SMILES string of the molecule is CCCCCCCCCCC[C@@H](O)C#C[Si](C)(C)C. The van der Waals surface area contributed by atoms with Crippen LogP contribution in [0.5, 0.6) is 0 Å². The van der Waals surface area contributed by atoms with Crippen molar-refractivity contribution in [2.45, 2.75) is 96.9 Å². The van der Waals surface area contributed by atoms with Crippen molar-refractivity contribution >= 4 is 8.07 Å². The Labute approximate surface area is 122 Å². The monoisotopic (exact) mass is 282 g/mol. The fraction of sp³-hybridized carbons (Fsp3) is 0.882. The van der Waals surface area contributed by atoms with Gasteiger partial charge in [-0.2, -0.15) is 0 Å². The van der Waals surface area contributed by atoms with E-state index in [0.29, 0.717) is 0 Å². The normalized spacial score (nSPS) is 12.9. The molecule has 0 aromatic heterocycles. The molecule has 0 aromatic rings. The Morgan fingerprint density at radius 1 is 0.842 bits per heavy atom. The van der Waals surface area contributed by atoms with Crippen molar-refractivity contribution in [2.75, 3.05) is 0 Å². The van der Waals surface area contributed by atoms with E-state index in [-0.39, 0.29) is 0 Å². The van der Waals surface area contributed by atoms with E-state index >= 15 is 0 Å². The average Bonchev–Trinajstić information content (AvgIpc) is 2.33. The molecule has 19 heavy (non-hydrogen) atoms. The summed E-state index contributed by atoms with van der Waals surface area (Å²) in [5.41, 5.74) is 3.24. The Morgan fingerprint density at radius 2 is 1.32 bits per heavy atom. The molecule has 1 N–H and O–H groups in total. The van der Waals surface area contributed by atoms with E-state index in [1.165, 1.54) is 51.4 Å². The third-order valence-electron chi connectivity index (χ3n) is 3.19. The molecular formula is C17H34OSi. The molecule has 0 unspecified atom stereocenters. The molecule has 0 aliphatic heterocycles. The summed E-state index contributed by atoms with van der Waals surface area (Å²) in [6, 6.07) is 0. The second-order valence-electron chi connectivity index (χ2n) is 6.65. The standard InChI is InChI=1S/C17H34OSi/c1-5-6-7-8-9-10-11-12-13-14-17(18)15-16-19(2,3)4/h17-18H,5-14H2,1-4H3/t17-/m1/s1. The molecule has 1 atom stereocenters. The van der Waals surface area contributed by atoms with E-state index in [1.54, 1.807) is 0 Å². The minimum absolute atomic E-state index is 0.392. The second kappa shape index (κ2) is 11.6. The van der Waals surface area contributed by atoms with Crippen LogP contribution in [0, 0.1) is 11.5 Å². The zero-order valence-corrected chi connectivity index (χ0v) is 14.6. The molecule has 0 amide bonds. The molecule has 2 heteroatoms. The van der Waals surface area contributed by atoms with Crippen LogP contribution in [0.3, 0.4) is 0 Å². The van der Waals surface area contributed by atoms with Crippen LogP contribution in [-0.2, 0) is 0 Å². The van der Waals surface area contributed by atoms with E-state index < -0.39 is 14.2 Å². The topological polar surface area (TPSA) is 20.2 Å². The summed E-state index contributed by atoms with van der Waals surface area (Å²) in [6.45, 7) is 8.90. The molecule has 0 saturated heterocycles. The number of hydrogen-bond donors (Lipinski definition) is 1. The van der Waals surface area contributed by atoms with E-state index in [1.807, 2.05) is 0 Å². The van der Waals surface area contributed by atoms with Gasteiger partial charge in [0.1, 0.15) is 14.2 Å². The Morgan fingerprint density at radius 3 is 1.79 bits per heavy atom. The van der Waals surface area contributed by atoms with Crippen LogP contribution in [0.1, 0.15) is 71.1 Å². The lowest BCUT2D eigenvalue weighted by Gasteiger charge is -2.07. The number of aliphatic hydroxyl groups excluding tert-OH is 1. The lowest BCUT2D eigenvalue weighted by atomic mass is 10.1. The first kappa shape index (κ1) is 18.7. The van der Waals surface area contributed by atoms with Crippen molar-refractivity contribution in [1.82, 2.24) is 0 Å². The molecule has 1 nitrogen and oxygen atoms in total. The van der Waals surface area contributed by atoms with Gasteiger partial charge in [0.05, 0.1) is 0 Å². The predicted octanol–water partition coefficient (Wildman–Crippen LogP) is 5.15. The molecule has 0 aliphatic rings. The number of aliphatic hydroxyl groups is 1. The predicted molar refractivity (Wildman–Crippen MR) is 89.0 cm³/mol. The minimum Gasteiger partial charge on any atom is -0.380 e. The van der Waals surface area contributed by atoms with Crippen LogP contribution < -0.4 is 0 Å². The molecule has 0 rings (SSSR count). The molecule has 0 aromatic carbocycles. The van der Waals surface area contributed by atoms with Gasteiger partial charge in [-0.3, -0.25) is 0 Å². The maximum atomic E-state index is 9.76. The van der Waals surface area contributed by atoms with Gasteiger partial charge in [-0.15, -0.1) is 5.54 Å². The van der Waals surface area contributed by atoms with Gasteiger partial charge in [0.2, 0.25) is 0 Å². The van der Waals surface area contributed by atoms with Gasteiger partial charge < -0.3 is 5.11 Å². The third kappa shape index (κ3) is 15.7. The maximum absolute atomic E-state index is 9.76. The summed E-state index contributed by atoms with van der Waals surface area (Å²) in [5, 5.41) is 9.76. The lowest BCUT2D eigenvalue weighted by molar-refractivity contribution is 0.217. The Balaban J connectivity index is 3.36. The Hall–Kier alpha value is -0.263. The summed E-state index contributed by atoms with van der Waals surface area (Å²) in [6.07, 6.45) is 12.4. The first-order chi connectivity index (χ1) is 8.95. The molecule has 112 valence electrons. The average molecular weight is 283 g/mol. The second-order valence-corrected chi connectivity index (χ2v) is 11.4. The molecule has 0 radical (unpaired) electrons. The van der Waals surface area contributed by atoms with Gasteiger partial charge in [0.15, 0.2) is 0 Å². The van der Waals surface area contributed by atoms with Crippen LogP contribution in [0.25, 0.3) is 0 Å². The van der Waals surface area contributed by atoms with Gasteiger partial charge >= 0.3 is 0 Å². The van der Waals surface area contributed by atoms with Crippen LogP contribution in [0.2, 0.25) is 19.6 Å². The van der Waals surface area contributed by atoms with E-state index in [2.05, 4.69) is 38.0 Å². The van der Waals surface area contributed by atoms with Crippen LogP contribution >= 0.6 is 0 Å². The summed E-state index contributed by atoms with van der Waals surface area (Å²) >= 11 is 0. The van der Waals surface area contributed by atoms with Crippen LogP contribution in [0.15, 0.2) is 0 Å². The molecule has 0 fully saturated rings. The summed E-state index contributed by atoms with van der Waals surface area (Å²) < 4.78 is 0. The quantitative estimate of drug-likeness (QED) is 0.334. The molecular weight excluding hydrogens is 248 g/mol. The van der Waals surface area contributed by atoms with Gasteiger partial charge in [-0.1, -0.05) is 83.9 Å². The molecule has 0 saturated carbocycles. The van der Waals surface area contributed by atoms with Gasteiger partial charge in [-0.05, 0) is 12.8 Å². The summed E-state index contributed by atoms with van der Waals surface area (Å²) in [4.78, 5) is 0. The highest BCUT2D eigenvalue weighted by molar-refractivity contribution is 6.83. The number of hydrogen-bond acceptors (Lipinski definition) is 1. The largest absolute Gasteiger partial charge is 0.380 e. The highest BCUT2D eigenvalue weighted by atomic mass is 28.3. The Kier molecular flexibility index (Phi) is 11.4. The molecule has 0 heterocycles. The first-order valence-corrected chi connectivity index (χ1v) is 11.7. The van der Waals surface area contributed by atoms with Crippen LogP contribution in [0.4, 0.5) is 0 Å². The smallest absolute Gasteiger partial charge is 0.129 e. The Bertz CT molecular complexity index is 257. The van der Waals surface area contributed by atoms with Crippen molar-refractivity contribution in [3.05, 3.63) is 0 Å². The fourth-order valence-corrected chi connectivity index (χ4v) is 2.62. The number of unbranched alkanes of at least 4 members (excludes halogenated alkanes) is 8. The van der Waals surface area contributed by atoms with Crippen LogP contribution in [-0.4, -0.2) is 19.3 Å². The van der Waals surface area contributed by atoms with E-state index in [9.17, 15) is 5.11 Å². The summed E-state index contributed by atoms with van der Waals surface area (Å²) in [7, 11) is -1.32. The van der Waals surface area contributed by atoms with Crippen molar-refractivity contribution < 1.29 is 5.11 Å². The molecule has 0 spiro atoms. The minimum atomic E-state index is -1.32. The van der Waals surface area contributed by atoms with Crippen molar-refractivity contribution in [2.24, 2.45) is 0 Å². The highest BCUT2D eigenvalue weighted by Gasteiger charge is 2.08. The summed E-state index contributed by atoms with van der Waals surface area (Å²) in [5.74, 6) is 3.02. The zero-order chi connectivity index (χ0) is 14.6.